The van der Waals surface area contributed by atoms with E-state index >= 15 is 0 Å². The summed E-state index contributed by atoms with van der Waals surface area (Å²) in [4.78, 5) is 0. The lowest BCUT2D eigenvalue weighted by atomic mass is 9.96. The van der Waals surface area contributed by atoms with Gasteiger partial charge in [-0.2, -0.15) is 0 Å². The molecule has 192 valence electrons. The molecule has 3 nitrogen and oxygen atoms in total. The molecule has 0 bridgehead atoms. The Balaban J connectivity index is 1.82. The number of unbranched alkanes of at least 4 members (excludes halogenated alkanes) is 12. The molecule has 2 rings (SSSR count). The molecule has 0 spiro atoms. The van der Waals surface area contributed by atoms with E-state index in [1.165, 1.54) is 139 Å². The second kappa shape index (κ2) is 17.0. The Morgan fingerprint density at radius 2 is 1.27 bits per heavy atom. The van der Waals surface area contributed by atoms with Crippen molar-refractivity contribution in [1.82, 2.24) is 14.8 Å². The van der Waals surface area contributed by atoms with Gasteiger partial charge in [0.25, 0.3) is 0 Å². The lowest BCUT2D eigenvalue weighted by Gasteiger charge is -2.31. The topological polar surface area (TPSA) is 30.7 Å². The predicted molar refractivity (Wildman–Crippen MR) is 146 cm³/mol. The summed E-state index contributed by atoms with van der Waals surface area (Å²) in [5.41, 5.74) is 0.114. The van der Waals surface area contributed by atoms with Crippen LogP contribution in [-0.2, 0) is 12.0 Å². The van der Waals surface area contributed by atoms with E-state index in [0.717, 1.165) is 11.7 Å². The third-order valence-electron chi connectivity index (χ3n) is 7.53. The highest BCUT2D eigenvalue weighted by atomic mass is 32.2. The van der Waals surface area contributed by atoms with Crippen LogP contribution >= 0.6 is 11.8 Å². The Morgan fingerprint density at radius 1 is 0.727 bits per heavy atom. The van der Waals surface area contributed by atoms with E-state index in [2.05, 4.69) is 32.3 Å². The van der Waals surface area contributed by atoms with Gasteiger partial charge in [-0.05, 0) is 39.5 Å². The maximum atomic E-state index is 4.75. The van der Waals surface area contributed by atoms with Crippen LogP contribution in [0.2, 0.25) is 0 Å². The molecule has 0 amide bonds. The Labute approximate surface area is 210 Å². The average Bonchev–Trinajstić information content (AvgIpc) is 3.21. The molecule has 0 radical (unpaired) electrons. The van der Waals surface area contributed by atoms with E-state index in [1.807, 2.05) is 11.8 Å². The predicted octanol–water partition coefficient (Wildman–Crippen LogP) is 9.87. The summed E-state index contributed by atoms with van der Waals surface area (Å²) in [7, 11) is 0. The van der Waals surface area contributed by atoms with Crippen LogP contribution in [0.3, 0.4) is 0 Å². The minimum absolute atomic E-state index is 0.114. The molecule has 0 aliphatic heterocycles. The highest BCUT2D eigenvalue weighted by molar-refractivity contribution is 7.99. The van der Waals surface area contributed by atoms with E-state index in [0.29, 0.717) is 0 Å². The molecule has 1 fully saturated rings. The van der Waals surface area contributed by atoms with Crippen LogP contribution in [0.4, 0.5) is 0 Å². The van der Waals surface area contributed by atoms with Gasteiger partial charge in [-0.15, -0.1) is 10.2 Å². The van der Waals surface area contributed by atoms with Crippen molar-refractivity contribution in [1.29, 1.82) is 0 Å². The van der Waals surface area contributed by atoms with Crippen molar-refractivity contribution in [2.45, 2.75) is 178 Å². The maximum absolute atomic E-state index is 4.75. The molecule has 4 heteroatoms. The second-order valence-electron chi connectivity index (χ2n) is 11.2. The van der Waals surface area contributed by atoms with E-state index in [-0.39, 0.29) is 5.54 Å². The van der Waals surface area contributed by atoms with Crippen molar-refractivity contribution in [2.24, 2.45) is 0 Å². The first-order chi connectivity index (χ1) is 16.1. The van der Waals surface area contributed by atoms with Gasteiger partial charge in [-0.1, -0.05) is 128 Å². The molecule has 0 N–H and O–H groups in total. The SMILES string of the molecule is CCCCCCCCCCCCCc1nnc(SC2CCCCC2)n1C(C)(C)CCCCC. The molecule has 0 atom stereocenters. The number of hydrogen-bond donors (Lipinski definition) is 0. The summed E-state index contributed by atoms with van der Waals surface area (Å²) in [6, 6.07) is 0. The van der Waals surface area contributed by atoms with E-state index in [1.54, 1.807) is 0 Å². The van der Waals surface area contributed by atoms with E-state index in [4.69, 9.17) is 10.2 Å². The normalized spacial score (nSPS) is 15.4. The zero-order valence-corrected chi connectivity index (χ0v) is 23.5. The monoisotopic (exact) mass is 477 g/mol. The fraction of sp³-hybridized carbons (Fsp3) is 0.931. The number of nitrogens with zero attached hydrogens (tertiary/aromatic N) is 3. The smallest absolute Gasteiger partial charge is 0.191 e. The lowest BCUT2D eigenvalue weighted by molar-refractivity contribution is 0.284. The number of rotatable bonds is 19. The zero-order valence-electron chi connectivity index (χ0n) is 22.7. The molecular formula is C29H55N3S. The second-order valence-corrected chi connectivity index (χ2v) is 12.4. The number of thioether (sulfide) groups is 1. The van der Waals surface area contributed by atoms with Crippen LogP contribution in [0.25, 0.3) is 0 Å². The summed E-state index contributed by atoms with van der Waals surface area (Å²) in [6.45, 7) is 9.43. The first kappa shape index (κ1) is 28.7. The molecule has 1 aliphatic rings. The summed E-state index contributed by atoms with van der Waals surface area (Å²) in [5.74, 6) is 1.24. The lowest BCUT2D eigenvalue weighted by Crippen LogP contribution is -2.29. The fourth-order valence-corrected chi connectivity index (χ4v) is 6.76. The minimum atomic E-state index is 0.114. The van der Waals surface area contributed by atoms with Gasteiger partial charge in [0.1, 0.15) is 5.82 Å². The number of aryl methyl sites for hydroxylation is 1. The average molecular weight is 478 g/mol. The maximum Gasteiger partial charge on any atom is 0.191 e. The Bertz CT molecular complexity index is 604. The van der Waals surface area contributed by atoms with Gasteiger partial charge in [0, 0.05) is 17.2 Å². The van der Waals surface area contributed by atoms with Crippen LogP contribution < -0.4 is 0 Å². The molecule has 1 aromatic heterocycles. The van der Waals surface area contributed by atoms with Gasteiger partial charge in [-0.3, -0.25) is 0 Å². The first-order valence-corrected chi connectivity index (χ1v) is 15.6. The summed E-state index contributed by atoms with van der Waals surface area (Å²) < 4.78 is 2.55. The molecule has 33 heavy (non-hydrogen) atoms. The Morgan fingerprint density at radius 3 is 1.88 bits per heavy atom. The van der Waals surface area contributed by atoms with Gasteiger partial charge in [0.2, 0.25) is 0 Å². The van der Waals surface area contributed by atoms with Crippen molar-refractivity contribution in [3.8, 4) is 0 Å². The van der Waals surface area contributed by atoms with Crippen LogP contribution in [0.5, 0.6) is 0 Å². The Kier molecular flexibility index (Phi) is 14.8. The van der Waals surface area contributed by atoms with Crippen molar-refractivity contribution in [2.75, 3.05) is 0 Å². The minimum Gasteiger partial charge on any atom is -0.300 e. The van der Waals surface area contributed by atoms with Crippen LogP contribution in [0, 0.1) is 0 Å². The standard InChI is InChI=1S/C29H55N3S/c1-5-7-9-10-11-12-13-14-15-16-20-24-27-30-31-28(33-26-22-18-17-19-23-26)32(27)29(3,4)25-21-8-6-2/h26H,5-25H2,1-4H3. The molecule has 1 saturated carbocycles. The largest absolute Gasteiger partial charge is 0.300 e. The van der Waals surface area contributed by atoms with Crippen molar-refractivity contribution in [3.05, 3.63) is 5.82 Å². The summed E-state index contributed by atoms with van der Waals surface area (Å²) >= 11 is 2.03. The van der Waals surface area contributed by atoms with Crippen molar-refractivity contribution >= 4 is 11.8 Å². The number of aromatic nitrogens is 3. The molecule has 1 heterocycles. The molecule has 0 unspecified atom stereocenters. The van der Waals surface area contributed by atoms with E-state index < -0.39 is 0 Å². The molecular weight excluding hydrogens is 422 g/mol. The molecule has 1 aliphatic carbocycles. The summed E-state index contributed by atoms with van der Waals surface area (Å²) in [5, 5.41) is 11.4. The fourth-order valence-electron chi connectivity index (χ4n) is 5.35. The van der Waals surface area contributed by atoms with Crippen LogP contribution in [-0.4, -0.2) is 20.0 Å². The van der Waals surface area contributed by atoms with Gasteiger partial charge in [0.05, 0.1) is 0 Å². The highest BCUT2D eigenvalue weighted by Gasteiger charge is 2.29. The zero-order chi connectivity index (χ0) is 23.8. The molecule has 0 saturated heterocycles. The quantitative estimate of drug-likeness (QED) is 0.186. The summed E-state index contributed by atoms with van der Waals surface area (Å²) in [6.07, 6.45) is 28.4. The van der Waals surface area contributed by atoms with Crippen molar-refractivity contribution in [3.63, 3.8) is 0 Å². The Hall–Kier alpha value is -0.510. The van der Waals surface area contributed by atoms with Crippen LogP contribution in [0.15, 0.2) is 5.16 Å². The highest BCUT2D eigenvalue weighted by Crippen LogP contribution is 2.37. The number of hydrogen-bond acceptors (Lipinski definition) is 3. The molecule has 1 aromatic rings. The van der Waals surface area contributed by atoms with Crippen LogP contribution in [0.1, 0.15) is 162 Å². The third kappa shape index (κ3) is 11.2. The third-order valence-corrected chi connectivity index (χ3v) is 8.81. The molecule has 0 aromatic carbocycles. The van der Waals surface area contributed by atoms with E-state index in [9.17, 15) is 0 Å². The van der Waals surface area contributed by atoms with Gasteiger partial charge >= 0.3 is 0 Å². The van der Waals surface area contributed by atoms with Crippen molar-refractivity contribution < 1.29 is 0 Å². The van der Waals surface area contributed by atoms with Gasteiger partial charge in [-0.25, -0.2) is 0 Å². The van der Waals surface area contributed by atoms with Gasteiger partial charge in [0.15, 0.2) is 5.16 Å². The first-order valence-electron chi connectivity index (χ1n) is 14.7. The van der Waals surface area contributed by atoms with Gasteiger partial charge < -0.3 is 4.57 Å².